The van der Waals surface area contributed by atoms with E-state index >= 15 is 0 Å². The summed E-state index contributed by atoms with van der Waals surface area (Å²) in [6.07, 6.45) is 7.81. The Morgan fingerprint density at radius 2 is 1.82 bits per heavy atom. The van der Waals surface area contributed by atoms with E-state index in [2.05, 4.69) is 20.1 Å². The van der Waals surface area contributed by atoms with Gasteiger partial charge in [-0.3, -0.25) is 10.2 Å². The van der Waals surface area contributed by atoms with Crippen LogP contribution in [0.15, 0.2) is 24.5 Å². The molecule has 0 spiro atoms. The molecule has 0 saturated carbocycles. The number of halogens is 1. The molecule has 0 aromatic carbocycles. The molecule has 2 N–H and O–H groups in total. The Morgan fingerprint density at radius 3 is 2.54 bits per heavy atom. The molecule has 7 nitrogen and oxygen atoms in total. The number of esters is 1. The van der Waals surface area contributed by atoms with Gasteiger partial charge in [-0.15, -0.1) is 22.7 Å². The lowest BCUT2D eigenvalue weighted by Crippen LogP contribution is -2.34. The molecule has 1 aliphatic heterocycles. The van der Waals surface area contributed by atoms with Crippen LogP contribution in [0.4, 0.5) is 14.2 Å². The van der Waals surface area contributed by atoms with Crippen LogP contribution < -0.4 is 10.6 Å². The largest absolute Gasteiger partial charge is 0.456 e. The van der Waals surface area contributed by atoms with E-state index in [1.54, 1.807) is 18.3 Å². The number of ether oxygens (including phenoxy) is 1. The lowest BCUT2D eigenvalue weighted by Gasteiger charge is -2.27. The van der Waals surface area contributed by atoms with Gasteiger partial charge in [0.15, 0.2) is 0 Å². The first-order chi connectivity index (χ1) is 18.6. The van der Waals surface area contributed by atoms with Gasteiger partial charge in [0.05, 0.1) is 5.56 Å². The summed E-state index contributed by atoms with van der Waals surface area (Å²) in [5.41, 5.74) is 3.23. The van der Waals surface area contributed by atoms with Gasteiger partial charge in [-0.1, -0.05) is 0 Å². The van der Waals surface area contributed by atoms with Crippen molar-refractivity contribution in [3.8, 4) is 5.00 Å². The number of urea groups is 1. The summed E-state index contributed by atoms with van der Waals surface area (Å²) < 4.78 is 21.5. The maximum absolute atomic E-state index is 13.7. The number of alkyl halides is 1. The van der Waals surface area contributed by atoms with E-state index in [-0.39, 0.29) is 12.0 Å². The number of carbonyl (C=O) groups is 2. The van der Waals surface area contributed by atoms with Crippen molar-refractivity contribution in [1.82, 2.24) is 14.8 Å². The van der Waals surface area contributed by atoms with Crippen molar-refractivity contribution in [1.29, 1.82) is 0 Å². The van der Waals surface area contributed by atoms with Crippen LogP contribution in [0.1, 0.15) is 77.3 Å². The smallest absolute Gasteiger partial charge is 0.341 e. The molecule has 2 aliphatic rings. The first-order valence-electron chi connectivity index (χ1n) is 13.6. The minimum atomic E-state index is -0.867. The molecule has 2 amide bonds. The van der Waals surface area contributed by atoms with Gasteiger partial charge in [-0.25, -0.2) is 14.0 Å². The number of amides is 2. The number of hydrogen-bond donors (Lipinski definition) is 2. The SMILES string of the molecule is CC(F)CN1CCc2c(sc(-n3cccc3)c2CNC(=O)Nc2sc3c(c2C(=O)OC(C)(C)C)CCCC3)C1. The first-order valence-corrected chi connectivity index (χ1v) is 15.3. The van der Waals surface area contributed by atoms with Crippen molar-refractivity contribution >= 4 is 39.7 Å². The third kappa shape index (κ3) is 6.39. The fraction of sp³-hybridized carbons (Fsp3) is 0.517. The number of rotatable bonds is 7. The summed E-state index contributed by atoms with van der Waals surface area (Å²) >= 11 is 3.19. The number of thiophene rings is 2. The van der Waals surface area contributed by atoms with Crippen LogP contribution >= 0.6 is 22.7 Å². The standard InChI is InChI=1S/C29H37FN4O3S2/c1-18(30)16-33-14-11-19-21(26(39-23(19)17-33)34-12-7-8-13-34)15-31-28(36)32-25-24(27(35)37-29(2,3)4)20-9-5-6-10-22(20)38-25/h7-8,12-13,18H,5-6,9-11,14-17H2,1-4H3,(H2,31,32,36). The van der Waals surface area contributed by atoms with E-state index < -0.39 is 11.8 Å². The minimum Gasteiger partial charge on any atom is -0.456 e. The summed E-state index contributed by atoms with van der Waals surface area (Å²) in [6.45, 7) is 9.45. The molecular weight excluding hydrogens is 535 g/mol. The lowest BCUT2D eigenvalue weighted by atomic mass is 9.95. The van der Waals surface area contributed by atoms with Gasteiger partial charge in [0.25, 0.3) is 0 Å². The molecule has 0 radical (unpaired) electrons. The summed E-state index contributed by atoms with van der Waals surface area (Å²) in [5.74, 6) is -0.383. The monoisotopic (exact) mass is 572 g/mol. The number of nitrogens with zero attached hydrogens (tertiary/aromatic N) is 2. The molecule has 0 bridgehead atoms. The number of anilines is 1. The molecule has 3 aromatic rings. The molecule has 1 atom stereocenters. The fourth-order valence-corrected chi connectivity index (χ4v) is 8.04. The normalized spacial score (nSPS) is 16.3. The molecule has 39 heavy (non-hydrogen) atoms. The van der Waals surface area contributed by atoms with Gasteiger partial charge in [0.2, 0.25) is 0 Å². The Morgan fingerprint density at radius 1 is 1.08 bits per heavy atom. The third-order valence-electron chi connectivity index (χ3n) is 7.00. The van der Waals surface area contributed by atoms with Crippen LogP contribution in [0.2, 0.25) is 0 Å². The highest BCUT2D eigenvalue weighted by Crippen LogP contribution is 2.39. The Bertz CT molecular complexity index is 1340. The Balaban J connectivity index is 1.35. The summed E-state index contributed by atoms with van der Waals surface area (Å²) in [7, 11) is 0. The first kappa shape index (κ1) is 27.9. The molecule has 3 aromatic heterocycles. The number of aryl methyl sites for hydroxylation is 1. The van der Waals surface area contributed by atoms with Crippen LogP contribution in [0.5, 0.6) is 0 Å². The molecule has 4 heterocycles. The highest BCUT2D eigenvalue weighted by molar-refractivity contribution is 7.17. The molecule has 210 valence electrons. The quantitative estimate of drug-likeness (QED) is 0.318. The van der Waals surface area contributed by atoms with Crippen molar-refractivity contribution in [3.63, 3.8) is 0 Å². The molecule has 1 aliphatic carbocycles. The summed E-state index contributed by atoms with van der Waals surface area (Å²) in [4.78, 5) is 30.9. The predicted molar refractivity (Wildman–Crippen MR) is 155 cm³/mol. The highest BCUT2D eigenvalue weighted by Gasteiger charge is 2.30. The van der Waals surface area contributed by atoms with E-state index in [0.29, 0.717) is 30.2 Å². The van der Waals surface area contributed by atoms with Crippen molar-refractivity contribution in [2.75, 3.05) is 18.4 Å². The molecule has 0 saturated heterocycles. The average molecular weight is 573 g/mol. The van der Waals surface area contributed by atoms with Gasteiger partial charge in [-0.05, 0) is 83.1 Å². The number of nitrogens with one attached hydrogen (secondary N) is 2. The van der Waals surface area contributed by atoms with Crippen molar-refractivity contribution < 1.29 is 18.7 Å². The van der Waals surface area contributed by atoms with Gasteiger partial charge in [0, 0.05) is 53.9 Å². The van der Waals surface area contributed by atoms with Crippen LogP contribution in [0.25, 0.3) is 5.00 Å². The molecular formula is C29H37FN4O3S2. The summed E-state index contributed by atoms with van der Waals surface area (Å²) in [5, 5.41) is 7.65. The van der Waals surface area contributed by atoms with Crippen molar-refractivity contribution in [2.45, 2.75) is 84.7 Å². The average Bonchev–Trinajstić information content (AvgIpc) is 3.58. The third-order valence-corrected chi connectivity index (χ3v) is 9.48. The second-order valence-corrected chi connectivity index (χ2v) is 13.6. The van der Waals surface area contributed by atoms with Crippen LogP contribution in [-0.2, 0) is 37.1 Å². The van der Waals surface area contributed by atoms with Gasteiger partial charge in [0.1, 0.15) is 21.8 Å². The van der Waals surface area contributed by atoms with Crippen molar-refractivity contribution in [3.05, 3.63) is 56.5 Å². The van der Waals surface area contributed by atoms with Crippen LogP contribution in [0, 0.1) is 0 Å². The van der Waals surface area contributed by atoms with Gasteiger partial charge in [-0.2, -0.15) is 0 Å². The highest BCUT2D eigenvalue weighted by atomic mass is 32.1. The van der Waals surface area contributed by atoms with E-state index in [1.807, 2.05) is 45.3 Å². The maximum Gasteiger partial charge on any atom is 0.341 e. The lowest BCUT2D eigenvalue weighted by molar-refractivity contribution is 0.00698. The Labute approximate surface area is 237 Å². The Hall–Kier alpha value is -2.69. The maximum atomic E-state index is 13.7. The zero-order valence-electron chi connectivity index (χ0n) is 23.1. The number of carbonyl (C=O) groups excluding carboxylic acids is 2. The van der Waals surface area contributed by atoms with Crippen LogP contribution in [0.3, 0.4) is 0 Å². The van der Waals surface area contributed by atoms with E-state index in [4.69, 9.17) is 4.74 Å². The zero-order valence-corrected chi connectivity index (χ0v) is 24.7. The van der Waals surface area contributed by atoms with Gasteiger partial charge < -0.3 is 14.6 Å². The van der Waals surface area contributed by atoms with Crippen molar-refractivity contribution in [2.24, 2.45) is 0 Å². The van der Waals surface area contributed by atoms with E-state index in [0.717, 1.165) is 59.7 Å². The minimum absolute atomic E-state index is 0.347. The molecule has 10 heteroatoms. The fourth-order valence-electron chi connectivity index (χ4n) is 5.39. The predicted octanol–water partition coefficient (Wildman–Crippen LogP) is 6.47. The molecule has 0 fully saturated rings. The second kappa shape index (κ2) is 11.4. The Kier molecular flexibility index (Phi) is 8.16. The summed E-state index contributed by atoms with van der Waals surface area (Å²) in [6, 6.07) is 3.62. The van der Waals surface area contributed by atoms with Crippen LogP contribution in [-0.4, -0.2) is 46.3 Å². The number of fused-ring (bicyclic) bond motifs is 2. The molecule has 5 rings (SSSR count). The van der Waals surface area contributed by atoms with E-state index in [9.17, 15) is 14.0 Å². The zero-order chi connectivity index (χ0) is 27.7. The topological polar surface area (TPSA) is 75.6 Å². The number of hydrogen-bond acceptors (Lipinski definition) is 6. The van der Waals surface area contributed by atoms with E-state index in [1.165, 1.54) is 21.8 Å². The van der Waals surface area contributed by atoms with Gasteiger partial charge >= 0.3 is 12.0 Å². The second-order valence-electron chi connectivity index (χ2n) is 11.4. The molecule has 1 unspecified atom stereocenters. The number of aromatic nitrogens is 1.